The summed E-state index contributed by atoms with van der Waals surface area (Å²) in [5.41, 5.74) is 2.07. The smallest absolute Gasteiger partial charge is 0.327 e. The summed E-state index contributed by atoms with van der Waals surface area (Å²) in [4.78, 5) is 27.9. The van der Waals surface area contributed by atoms with Gasteiger partial charge >= 0.3 is 6.03 Å². The number of carbonyl (C=O) groups is 1. The standard InChI is InChI=1S/C27H31Cl2N7O4/c1-5-35-8-9-36-17(13-35)14-40-19-10-16(6-7-18(19)36)32-22-12-23(31-15-30-22)34(2)27(37)33-26-24(28)20(38-3)11-21(39-4)25(26)29/h6-7,10-12,15,17H,5,8-9,13-14H2,1-4H3,(H,33,37)(H,30,31,32)/t17-/m0/s1. The number of anilines is 5. The van der Waals surface area contributed by atoms with E-state index in [0.717, 1.165) is 43.3 Å². The molecule has 1 saturated heterocycles. The summed E-state index contributed by atoms with van der Waals surface area (Å²) in [5, 5.41) is 6.29. The lowest BCUT2D eigenvalue weighted by Crippen LogP contribution is -2.57. The third-order valence-corrected chi connectivity index (χ3v) is 7.84. The lowest BCUT2D eigenvalue weighted by Gasteiger charge is -2.45. The molecule has 1 aromatic heterocycles. The SMILES string of the molecule is CCN1CCN2c3ccc(Nc4cc(N(C)C(=O)Nc5c(Cl)c(OC)cc(OC)c5Cl)ncn4)cc3OC[C@@H]2C1. The average molecular weight is 588 g/mol. The van der Waals surface area contributed by atoms with E-state index in [-0.39, 0.29) is 15.7 Å². The highest BCUT2D eigenvalue weighted by Crippen LogP contribution is 2.44. The summed E-state index contributed by atoms with van der Waals surface area (Å²) in [6.45, 7) is 6.92. The van der Waals surface area contributed by atoms with Crippen molar-refractivity contribution in [3.63, 3.8) is 0 Å². The van der Waals surface area contributed by atoms with E-state index in [0.29, 0.717) is 35.8 Å². The maximum absolute atomic E-state index is 13.1. The Morgan fingerprint density at radius 3 is 2.58 bits per heavy atom. The fourth-order valence-electron chi connectivity index (χ4n) is 4.83. The lowest BCUT2D eigenvalue weighted by molar-refractivity contribution is 0.172. The first-order valence-corrected chi connectivity index (χ1v) is 13.6. The van der Waals surface area contributed by atoms with Crippen LogP contribution >= 0.6 is 23.2 Å². The van der Waals surface area contributed by atoms with Crippen molar-refractivity contribution in [1.82, 2.24) is 14.9 Å². The summed E-state index contributed by atoms with van der Waals surface area (Å²) in [6.07, 6.45) is 1.38. The van der Waals surface area contributed by atoms with E-state index in [9.17, 15) is 4.79 Å². The van der Waals surface area contributed by atoms with Gasteiger partial charge in [0.1, 0.15) is 51.9 Å². The van der Waals surface area contributed by atoms with Crippen LogP contribution in [0.5, 0.6) is 17.2 Å². The Balaban J connectivity index is 1.30. The minimum atomic E-state index is -0.524. The van der Waals surface area contributed by atoms with Crippen molar-refractivity contribution in [3.8, 4) is 17.2 Å². The number of fused-ring (bicyclic) bond motifs is 3. The van der Waals surface area contributed by atoms with Gasteiger partial charge in [-0.3, -0.25) is 9.80 Å². The van der Waals surface area contributed by atoms with Crippen LogP contribution in [-0.4, -0.2) is 81.0 Å². The van der Waals surface area contributed by atoms with Crippen LogP contribution < -0.4 is 34.6 Å². The van der Waals surface area contributed by atoms with Gasteiger partial charge in [0.25, 0.3) is 0 Å². The van der Waals surface area contributed by atoms with Crippen LogP contribution in [0.25, 0.3) is 0 Å². The molecular weight excluding hydrogens is 557 g/mol. The summed E-state index contributed by atoms with van der Waals surface area (Å²) in [5.74, 6) is 2.31. The van der Waals surface area contributed by atoms with Gasteiger partial charge in [-0.25, -0.2) is 14.8 Å². The van der Waals surface area contributed by atoms with Crippen LogP contribution in [0.2, 0.25) is 10.0 Å². The highest BCUT2D eigenvalue weighted by Gasteiger charge is 2.32. The Kier molecular flexibility index (Phi) is 8.24. The van der Waals surface area contributed by atoms with Crippen LogP contribution in [0.1, 0.15) is 6.92 Å². The molecule has 0 unspecified atom stereocenters. The first-order chi connectivity index (χ1) is 19.3. The number of likely N-dealkylation sites (N-methyl/N-ethyl adjacent to an activating group) is 1. The first-order valence-electron chi connectivity index (χ1n) is 12.8. The molecule has 40 heavy (non-hydrogen) atoms. The van der Waals surface area contributed by atoms with Gasteiger partial charge in [0, 0.05) is 50.6 Å². The maximum Gasteiger partial charge on any atom is 0.327 e. The molecule has 2 amide bonds. The lowest BCUT2D eigenvalue weighted by atomic mass is 10.1. The number of benzene rings is 2. The minimum absolute atomic E-state index is 0.147. The predicted octanol–water partition coefficient (Wildman–Crippen LogP) is 5.12. The zero-order chi connectivity index (χ0) is 28.4. The number of methoxy groups -OCH3 is 2. The van der Waals surface area contributed by atoms with E-state index >= 15 is 0 Å². The number of rotatable bonds is 7. The number of piperazine rings is 1. The van der Waals surface area contributed by atoms with Crippen molar-refractivity contribution >= 4 is 57.9 Å². The number of aromatic nitrogens is 2. The number of nitrogens with zero attached hydrogens (tertiary/aromatic N) is 5. The number of hydrogen-bond donors (Lipinski definition) is 2. The largest absolute Gasteiger partial charge is 0.495 e. The minimum Gasteiger partial charge on any atom is -0.495 e. The molecule has 13 heteroatoms. The summed E-state index contributed by atoms with van der Waals surface area (Å²) >= 11 is 12.8. The van der Waals surface area contributed by atoms with Crippen molar-refractivity contribution in [1.29, 1.82) is 0 Å². The van der Waals surface area contributed by atoms with Gasteiger partial charge in [0.05, 0.1) is 31.6 Å². The van der Waals surface area contributed by atoms with Crippen LogP contribution in [0.4, 0.5) is 33.5 Å². The Morgan fingerprint density at radius 2 is 1.88 bits per heavy atom. The molecule has 5 rings (SSSR count). The van der Waals surface area contributed by atoms with Gasteiger partial charge < -0.3 is 29.7 Å². The molecule has 2 aliphatic rings. The molecule has 11 nitrogen and oxygen atoms in total. The van der Waals surface area contributed by atoms with Crippen molar-refractivity contribution < 1.29 is 19.0 Å². The zero-order valence-electron chi connectivity index (χ0n) is 22.7. The molecule has 2 N–H and O–H groups in total. The Bertz CT molecular complexity index is 1380. The molecule has 2 aliphatic heterocycles. The van der Waals surface area contributed by atoms with Crippen LogP contribution in [0.3, 0.4) is 0 Å². The van der Waals surface area contributed by atoms with Crippen molar-refractivity contribution in [3.05, 3.63) is 46.7 Å². The van der Waals surface area contributed by atoms with Gasteiger partial charge in [-0.2, -0.15) is 0 Å². The topological polar surface area (TPSA) is 104 Å². The van der Waals surface area contributed by atoms with E-state index in [4.69, 9.17) is 37.4 Å². The molecule has 0 radical (unpaired) electrons. The van der Waals surface area contributed by atoms with E-state index in [1.165, 1.54) is 25.4 Å². The molecule has 0 aliphatic carbocycles. The maximum atomic E-state index is 13.1. The van der Waals surface area contributed by atoms with Crippen LogP contribution in [0.15, 0.2) is 36.7 Å². The molecular formula is C27H31Cl2N7O4. The van der Waals surface area contributed by atoms with Crippen LogP contribution in [-0.2, 0) is 0 Å². The van der Waals surface area contributed by atoms with Gasteiger partial charge in [0.2, 0.25) is 0 Å². The molecule has 1 fully saturated rings. The van der Waals surface area contributed by atoms with E-state index < -0.39 is 6.03 Å². The third-order valence-electron chi connectivity index (χ3n) is 7.09. The van der Waals surface area contributed by atoms with Gasteiger partial charge in [-0.1, -0.05) is 30.1 Å². The molecule has 3 heterocycles. The van der Waals surface area contributed by atoms with Crippen molar-refractivity contribution in [2.24, 2.45) is 0 Å². The van der Waals surface area contributed by atoms with Gasteiger partial charge in [0.15, 0.2) is 0 Å². The number of halogens is 2. The second-order valence-corrected chi connectivity index (χ2v) is 10.1. The Morgan fingerprint density at radius 1 is 1.12 bits per heavy atom. The monoisotopic (exact) mass is 587 g/mol. The van der Waals surface area contributed by atoms with Crippen molar-refractivity contribution in [2.75, 3.05) is 74.5 Å². The summed E-state index contributed by atoms with van der Waals surface area (Å²) in [7, 11) is 4.49. The van der Waals surface area contributed by atoms with Gasteiger partial charge in [-0.05, 0) is 18.7 Å². The third kappa shape index (κ3) is 5.49. The van der Waals surface area contributed by atoms with E-state index in [2.05, 4.69) is 43.4 Å². The normalized spacial score (nSPS) is 16.4. The quantitative estimate of drug-likeness (QED) is 0.390. The number of ether oxygens (including phenoxy) is 3. The molecule has 212 valence electrons. The summed E-state index contributed by atoms with van der Waals surface area (Å²) < 4.78 is 16.7. The number of amides is 2. The molecule has 3 aromatic rings. The molecule has 1 atom stereocenters. The Hall–Kier alpha value is -3.67. The average Bonchev–Trinajstić information content (AvgIpc) is 2.98. The van der Waals surface area contributed by atoms with Crippen LogP contribution in [0, 0.1) is 0 Å². The predicted molar refractivity (Wildman–Crippen MR) is 157 cm³/mol. The molecule has 0 saturated carbocycles. The van der Waals surface area contributed by atoms with Gasteiger partial charge in [-0.15, -0.1) is 0 Å². The van der Waals surface area contributed by atoms with E-state index in [1.807, 2.05) is 12.1 Å². The van der Waals surface area contributed by atoms with Crippen molar-refractivity contribution in [2.45, 2.75) is 13.0 Å². The fraction of sp³-hybridized carbons (Fsp3) is 0.370. The Labute approximate surface area is 242 Å². The first kappa shape index (κ1) is 27.9. The number of hydrogen-bond acceptors (Lipinski definition) is 9. The fourth-order valence-corrected chi connectivity index (χ4v) is 5.43. The highest BCUT2D eigenvalue weighted by molar-refractivity contribution is 6.41. The van der Waals surface area contributed by atoms with E-state index in [1.54, 1.807) is 19.2 Å². The molecule has 0 spiro atoms. The number of urea groups is 1. The zero-order valence-corrected chi connectivity index (χ0v) is 24.2. The number of carbonyl (C=O) groups excluding carboxylic acids is 1. The molecule has 2 aromatic carbocycles. The molecule has 0 bridgehead atoms. The number of nitrogens with one attached hydrogen (secondary N) is 2. The second-order valence-electron chi connectivity index (χ2n) is 9.39. The highest BCUT2D eigenvalue weighted by atomic mass is 35.5. The second kappa shape index (κ2) is 11.8. The summed E-state index contributed by atoms with van der Waals surface area (Å²) in [6, 6.07) is 9.07.